The van der Waals surface area contributed by atoms with Crippen molar-refractivity contribution in [2.75, 3.05) is 16.8 Å². The quantitative estimate of drug-likeness (QED) is 0.915. The summed E-state index contributed by atoms with van der Waals surface area (Å²) in [7, 11) is 0. The van der Waals surface area contributed by atoms with Gasteiger partial charge in [-0.25, -0.2) is 9.97 Å². The second kappa shape index (κ2) is 7.31. The minimum Gasteiger partial charge on any atom is -0.353 e. The van der Waals surface area contributed by atoms with E-state index in [2.05, 4.69) is 33.2 Å². The standard InChI is InChI=1S/C19H23N5/c1-3-17-9-4-5-10-24(17)19-12-18(21-14(2)22-19)23-16-8-6-7-15(11-16)13-20/h6-8,11-12,17H,3-5,9-10H2,1-2H3,(H,21,22,23). The highest BCUT2D eigenvalue weighted by Gasteiger charge is 2.22. The van der Waals surface area contributed by atoms with Gasteiger partial charge >= 0.3 is 0 Å². The van der Waals surface area contributed by atoms with Crippen LogP contribution in [0.1, 0.15) is 44.0 Å². The van der Waals surface area contributed by atoms with Crippen LogP contribution < -0.4 is 10.2 Å². The maximum atomic E-state index is 9.03. The zero-order valence-electron chi connectivity index (χ0n) is 14.3. The highest BCUT2D eigenvalue weighted by atomic mass is 15.2. The molecule has 0 amide bonds. The Hall–Kier alpha value is -2.61. The first kappa shape index (κ1) is 16.3. The fourth-order valence-electron chi connectivity index (χ4n) is 3.30. The minimum absolute atomic E-state index is 0.558. The van der Waals surface area contributed by atoms with E-state index in [-0.39, 0.29) is 0 Å². The van der Waals surface area contributed by atoms with E-state index >= 15 is 0 Å². The van der Waals surface area contributed by atoms with Crippen LogP contribution >= 0.6 is 0 Å². The van der Waals surface area contributed by atoms with Gasteiger partial charge in [0.1, 0.15) is 17.5 Å². The van der Waals surface area contributed by atoms with Crippen molar-refractivity contribution >= 4 is 17.3 Å². The lowest BCUT2D eigenvalue weighted by Crippen LogP contribution is -2.39. The van der Waals surface area contributed by atoms with Gasteiger partial charge in [0, 0.05) is 24.3 Å². The molecule has 1 N–H and O–H groups in total. The third-order valence-electron chi connectivity index (χ3n) is 4.48. The number of anilines is 3. The summed E-state index contributed by atoms with van der Waals surface area (Å²) in [4.78, 5) is 11.6. The first-order valence-corrected chi connectivity index (χ1v) is 8.59. The molecule has 0 aliphatic carbocycles. The summed E-state index contributed by atoms with van der Waals surface area (Å²) in [6.07, 6.45) is 4.88. The van der Waals surface area contributed by atoms with Gasteiger partial charge < -0.3 is 10.2 Å². The zero-order valence-corrected chi connectivity index (χ0v) is 14.3. The topological polar surface area (TPSA) is 64.8 Å². The van der Waals surface area contributed by atoms with Gasteiger partial charge in [0.15, 0.2) is 0 Å². The first-order chi connectivity index (χ1) is 11.7. The molecule has 2 heterocycles. The smallest absolute Gasteiger partial charge is 0.136 e. The zero-order chi connectivity index (χ0) is 16.9. The highest BCUT2D eigenvalue weighted by Crippen LogP contribution is 2.27. The summed E-state index contributed by atoms with van der Waals surface area (Å²) in [6, 6.07) is 12.2. The molecule has 124 valence electrons. The number of rotatable bonds is 4. The van der Waals surface area contributed by atoms with Crippen LogP contribution in [0.2, 0.25) is 0 Å². The molecule has 1 aliphatic heterocycles. The minimum atomic E-state index is 0.558. The lowest BCUT2D eigenvalue weighted by molar-refractivity contribution is 0.446. The van der Waals surface area contributed by atoms with Crippen molar-refractivity contribution in [1.29, 1.82) is 5.26 Å². The molecule has 2 aromatic rings. The Morgan fingerprint density at radius 1 is 1.29 bits per heavy atom. The molecular weight excluding hydrogens is 298 g/mol. The number of nitriles is 1. The Labute approximate surface area is 143 Å². The number of nitrogens with zero attached hydrogens (tertiary/aromatic N) is 4. The number of hydrogen-bond acceptors (Lipinski definition) is 5. The molecule has 1 aromatic heterocycles. The maximum Gasteiger partial charge on any atom is 0.136 e. The molecule has 24 heavy (non-hydrogen) atoms. The fraction of sp³-hybridized carbons (Fsp3) is 0.421. The van der Waals surface area contributed by atoms with Crippen LogP contribution in [-0.2, 0) is 0 Å². The van der Waals surface area contributed by atoms with E-state index in [0.717, 1.165) is 36.1 Å². The van der Waals surface area contributed by atoms with Crippen LogP contribution in [0.5, 0.6) is 0 Å². The Kier molecular flexibility index (Phi) is 4.95. The number of aryl methyl sites for hydroxylation is 1. The van der Waals surface area contributed by atoms with Crippen molar-refractivity contribution in [1.82, 2.24) is 9.97 Å². The predicted octanol–water partition coefficient (Wildman–Crippen LogP) is 4.17. The van der Waals surface area contributed by atoms with Crippen LogP contribution in [0.25, 0.3) is 0 Å². The largest absolute Gasteiger partial charge is 0.353 e. The average Bonchev–Trinajstić information content (AvgIpc) is 2.61. The lowest BCUT2D eigenvalue weighted by atomic mass is 10.00. The molecule has 5 heteroatoms. The van der Waals surface area contributed by atoms with Crippen molar-refractivity contribution in [3.63, 3.8) is 0 Å². The summed E-state index contributed by atoms with van der Waals surface area (Å²) in [5.74, 6) is 2.52. The predicted molar refractivity (Wildman–Crippen MR) is 96.5 cm³/mol. The number of nitrogens with one attached hydrogen (secondary N) is 1. The molecule has 0 saturated carbocycles. The molecule has 0 radical (unpaired) electrons. The van der Waals surface area contributed by atoms with Gasteiger partial charge in [-0.15, -0.1) is 0 Å². The highest BCUT2D eigenvalue weighted by molar-refractivity contribution is 5.61. The second-order valence-corrected chi connectivity index (χ2v) is 6.23. The third kappa shape index (κ3) is 3.65. The molecule has 1 atom stereocenters. The molecule has 1 aliphatic rings. The molecule has 5 nitrogen and oxygen atoms in total. The van der Waals surface area contributed by atoms with E-state index in [1.807, 2.05) is 31.2 Å². The van der Waals surface area contributed by atoms with Gasteiger partial charge in [0.05, 0.1) is 11.6 Å². The summed E-state index contributed by atoms with van der Waals surface area (Å²) >= 11 is 0. The molecule has 1 saturated heterocycles. The van der Waals surface area contributed by atoms with E-state index in [1.54, 1.807) is 6.07 Å². The molecule has 0 spiro atoms. The normalized spacial score (nSPS) is 17.4. The fourth-order valence-corrected chi connectivity index (χ4v) is 3.30. The number of benzene rings is 1. The number of aromatic nitrogens is 2. The van der Waals surface area contributed by atoms with Crippen molar-refractivity contribution in [3.05, 3.63) is 41.7 Å². The number of piperidine rings is 1. The van der Waals surface area contributed by atoms with Crippen molar-refractivity contribution in [2.24, 2.45) is 0 Å². The summed E-state index contributed by atoms with van der Waals surface area (Å²) < 4.78 is 0. The van der Waals surface area contributed by atoms with E-state index in [9.17, 15) is 0 Å². The van der Waals surface area contributed by atoms with Crippen LogP contribution in [0, 0.1) is 18.3 Å². The van der Waals surface area contributed by atoms with Gasteiger partial charge in [0.25, 0.3) is 0 Å². The van der Waals surface area contributed by atoms with Crippen molar-refractivity contribution in [2.45, 2.75) is 45.6 Å². The SMILES string of the molecule is CCC1CCCCN1c1cc(Nc2cccc(C#N)c2)nc(C)n1. The van der Waals surface area contributed by atoms with E-state index in [0.29, 0.717) is 11.6 Å². The maximum absolute atomic E-state index is 9.03. The van der Waals surface area contributed by atoms with Gasteiger partial charge in [-0.2, -0.15) is 5.26 Å². The van der Waals surface area contributed by atoms with E-state index < -0.39 is 0 Å². The Bertz CT molecular complexity index is 750. The van der Waals surface area contributed by atoms with Gasteiger partial charge in [0.2, 0.25) is 0 Å². The summed E-state index contributed by atoms with van der Waals surface area (Å²) in [5.41, 5.74) is 1.50. The van der Waals surface area contributed by atoms with Gasteiger partial charge in [-0.05, 0) is 50.8 Å². The van der Waals surface area contributed by atoms with Crippen LogP contribution in [0.3, 0.4) is 0 Å². The lowest BCUT2D eigenvalue weighted by Gasteiger charge is -2.36. The Morgan fingerprint density at radius 3 is 2.96 bits per heavy atom. The summed E-state index contributed by atoms with van der Waals surface area (Å²) in [6.45, 7) is 5.22. The second-order valence-electron chi connectivity index (χ2n) is 6.23. The van der Waals surface area contributed by atoms with Crippen LogP contribution in [0.4, 0.5) is 17.3 Å². The van der Waals surface area contributed by atoms with Crippen molar-refractivity contribution in [3.8, 4) is 6.07 Å². The Balaban J connectivity index is 1.87. The summed E-state index contributed by atoms with van der Waals surface area (Å²) in [5, 5.41) is 12.3. The number of hydrogen-bond donors (Lipinski definition) is 1. The van der Waals surface area contributed by atoms with E-state index in [1.165, 1.54) is 19.3 Å². The molecule has 3 rings (SSSR count). The first-order valence-electron chi connectivity index (χ1n) is 8.59. The van der Waals surface area contributed by atoms with Crippen molar-refractivity contribution < 1.29 is 0 Å². The van der Waals surface area contributed by atoms with Gasteiger partial charge in [-0.3, -0.25) is 0 Å². The third-order valence-corrected chi connectivity index (χ3v) is 4.48. The van der Waals surface area contributed by atoms with Gasteiger partial charge in [-0.1, -0.05) is 13.0 Å². The van der Waals surface area contributed by atoms with E-state index in [4.69, 9.17) is 5.26 Å². The Morgan fingerprint density at radius 2 is 2.17 bits per heavy atom. The monoisotopic (exact) mass is 321 g/mol. The molecule has 1 fully saturated rings. The van der Waals surface area contributed by atoms with Crippen LogP contribution in [-0.4, -0.2) is 22.6 Å². The molecule has 1 aromatic carbocycles. The molecule has 0 bridgehead atoms. The van der Waals surface area contributed by atoms with Crippen LogP contribution in [0.15, 0.2) is 30.3 Å². The molecular formula is C19H23N5. The average molecular weight is 321 g/mol. The molecule has 1 unspecified atom stereocenters.